The fraction of sp³-hybridized carbons (Fsp3) is 0.219. The van der Waals surface area contributed by atoms with Crippen LogP contribution in [0.25, 0.3) is 5.69 Å². The van der Waals surface area contributed by atoms with E-state index in [2.05, 4.69) is 46.7 Å². The van der Waals surface area contributed by atoms with Crippen LogP contribution in [0.5, 0.6) is 11.5 Å². The van der Waals surface area contributed by atoms with Crippen molar-refractivity contribution in [1.82, 2.24) is 29.6 Å². The maximum atomic E-state index is 13.0. The summed E-state index contributed by atoms with van der Waals surface area (Å²) < 4.78 is 9.39. The highest BCUT2D eigenvalue weighted by Crippen LogP contribution is 2.27. The Morgan fingerprint density at radius 1 is 0.884 bits per heavy atom. The molecule has 3 amide bonds. The number of pyridine rings is 1. The summed E-state index contributed by atoms with van der Waals surface area (Å²) in [6.07, 6.45) is 8.61. The molecular formula is C32H34N8O3. The summed E-state index contributed by atoms with van der Waals surface area (Å²) in [6.45, 7) is 8.63. The summed E-state index contributed by atoms with van der Waals surface area (Å²) in [5, 5.41) is 13.5. The van der Waals surface area contributed by atoms with E-state index < -0.39 is 6.03 Å². The van der Waals surface area contributed by atoms with Gasteiger partial charge in [0.05, 0.1) is 17.7 Å². The van der Waals surface area contributed by atoms with Crippen molar-refractivity contribution in [2.24, 2.45) is 0 Å². The van der Waals surface area contributed by atoms with Gasteiger partial charge in [-0.25, -0.2) is 14.5 Å². The summed E-state index contributed by atoms with van der Waals surface area (Å²) in [6, 6.07) is 19.2. The van der Waals surface area contributed by atoms with Crippen LogP contribution in [0, 0.1) is 0 Å². The van der Waals surface area contributed by atoms with Crippen molar-refractivity contribution >= 4 is 23.4 Å². The molecular weight excluding hydrogens is 544 g/mol. The summed E-state index contributed by atoms with van der Waals surface area (Å²) in [4.78, 5) is 33.8. The molecule has 0 spiro atoms. The molecule has 0 saturated carbocycles. The van der Waals surface area contributed by atoms with Gasteiger partial charge in [-0.3, -0.25) is 15.1 Å². The molecule has 11 nitrogen and oxygen atoms in total. The van der Waals surface area contributed by atoms with Crippen LogP contribution in [-0.4, -0.2) is 42.8 Å². The van der Waals surface area contributed by atoms with E-state index in [-0.39, 0.29) is 17.4 Å². The zero-order chi connectivity index (χ0) is 30.4. The number of nitrogens with zero attached hydrogens (tertiary/aromatic N) is 5. The van der Waals surface area contributed by atoms with Gasteiger partial charge in [0.15, 0.2) is 0 Å². The van der Waals surface area contributed by atoms with E-state index in [9.17, 15) is 9.59 Å². The molecule has 0 bridgehead atoms. The molecule has 220 valence electrons. The van der Waals surface area contributed by atoms with Crippen LogP contribution in [0.15, 0.2) is 97.8 Å². The van der Waals surface area contributed by atoms with Crippen molar-refractivity contribution in [2.45, 2.75) is 39.2 Å². The van der Waals surface area contributed by atoms with E-state index in [1.165, 1.54) is 0 Å². The number of hydrogen-bond acceptors (Lipinski definition) is 6. The number of aromatic nitrogens is 5. The van der Waals surface area contributed by atoms with E-state index in [0.717, 1.165) is 5.69 Å². The lowest BCUT2D eigenvalue weighted by molar-refractivity contribution is 0.0948. The van der Waals surface area contributed by atoms with Crippen LogP contribution in [0.1, 0.15) is 49.8 Å². The monoisotopic (exact) mass is 578 g/mol. The Labute approximate surface area is 249 Å². The average molecular weight is 579 g/mol. The highest BCUT2D eigenvalue weighted by Gasteiger charge is 2.22. The predicted octanol–water partition coefficient (Wildman–Crippen LogP) is 6.19. The van der Waals surface area contributed by atoms with Gasteiger partial charge in [0.1, 0.15) is 17.3 Å². The minimum atomic E-state index is -0.424. The first-order chi connectivity index (χ1) is 20.7. The fourth-order valence-electron chi connectivity index (χ4n) is 4.19. The number of amides is 3. The molecule has 0 saturated heterocycles. The summed E-state index contributed by atoms with van der Waals surface area (Å²) in [7, 11) is 0. The molecule has 3 heterocycles. The van der Waals surface area contributed by atoms with Gasteiger partial charge in [0.2, 0.25) is 0 Å². The lowest BCUT2D eigenvalue weighted by Crippen LogP contribution is -2.29. The van der Waals surface area contributed by atoms with Crippen LogP contribution >= 0.6 is 0 Å². The van der Waals surface area contributed by atoms with Gasteiger partial charge in [0.25, 0.3) is 5.91 Å². The Bertz CT molecular complexity index is 1660. The Hall–Kier alpha value is -5.45. The molecule has 3 aromatic heterocycles. The largest absolute Gasteiger partial charge is 0.457 e. The van der Waals surface area contributed by atoms with Crippen LogP contribution in [0.2, 0.25) is 0 Å². The number of imidazole rings is 1. The first kappa shape index (κ1) is 29.1. The number of ether oxygens (including phenoxy) is 1. The Morgan fingerprint density at radius 3 is 2.23 bits per heavy atom. The number of benzene rings is 2. The number of hydrogen-bond donors (Lipinski definition) is 3. The van der Waals surface area contributed by atoms with Gasteiger partial charge in [0, 0.05) is 60.1 Å². The standard InChI is InChI=1S/C32H34N8O3/c1-22(39-18-17-34-21-39)20-35-30(41)23-5-9-25(10-6-23)40-29(19-28(38-40)32(2,3)4)37-31(42)36-24-7-11-26(12-8-24)43-27-13-15-33-16-14-27/h5-19,21-22H,20H2,1-4H3,(H,35,41)(H2,36,37,42). The molecule has 5 rings (SSSR count). The smallest absolute Gasteiger partial charge is 0.324 e. The Kier molecular flexibility index (Phi) is 8.51. The van der Waals surface area contributed by atoms with E-state index in [1.807, 2.05) is 23.8 Å². The third-order valence-corrected chi connectivity index (χ3v) is 6.68. The molecule has 0 fully saturated rings. The second kappa shape index (κ2) is 12.6. The van der Waals surface area contributed by atoms with Crippen LogP contribution in [0.3, 0.4) is 0 Å². The topological polar surface area (TPSA) is 128 Å². The minimum absolute atomic E-state index is 0.0729. The maximum Gasteiger partial charge on any atom is 0.324 e. The van der Waals surface area contributed by atoms with Crippen LogP contribution in [0.4, 0.5) is 16.3 Å². The third kappa shape index (κ3) is 7.45. The zero-order valence-corrected chi connectivity index (χ0v) is 24.5. The first-order valence-electron chi connectivity index (χ1n) is 13.9. The molecule has 0 aliphatic heterocycles. The molecule has 1 unspecified atom stereocenters. The first-order valence-corrected chi connectivity index (χ1v) is 13.9. The van der Waals surface area contributed by atoms with Gasteiger partial charge < -0.3 is 19.9 Å². The van der Waals surface area contributed by atoms with Gasteiger partial charge in [-0.15, -0.1) is 0 Å². The molecule has 0 radical (unpaired) electrons. The van der Waals surface area contributed by atoms with Gasteiger partial charge in [-0.05, 0) is 67.6 Å². The lowest BCUT2D eigenvalue weighted by atomic mass is 9.92. The number of carbonyl (C=O) groups excluding carboxylic acids is 2. The van der Waals surface area contributed by atoms with E-state index in [0.29, 0.717) is 40.8 Å². The number of nitrogens with one attached hydrogen (secondary N) is 3. The molecule has 43 heavy (non-hydrogen) atoms. The number of urea groups is 1. The third-order valence-electron chi connectivity index (χ3n) is 6.68. The lowest BCUT2D eigenvalue weighted by Gasteiger charge is -2.15. The van der Waals surface area contributed by atoms with E-state index in [4.69, 9.17) is 9.84 Å². The second-order valence-electron chi connectivity index (χ2n) is 11.1. The number of anilines is 2. The number of carbonyl (C=O) groups is 2. The molecule has 11 heteroatoms. The fourth-order valence-corrected chi connectivity index (χ4v) is 4.19. The molecule has 5 aromatic rings. The zero-order valence-electron chi connectivity index (χ0n) is 24.5. The van der Waals surface area contributed by atoms with Crippen molar-refractivity contribution in [3.8, 4) is 17.2 Å². The highest BCUT2D eigenvalue weighted by atomic mass is 16.5. The average Bonchev–Trinajstić information content (AvgIpc) is 3.68. The second-order valence-corrected chi connectivity index (χ2v) is 11.1. The van der Waals surface area contributed by atoms with E-state index >= 15 is 0 Å². The van der Waals surface area contributed by atoms with E-state index in [1.54, 1.807) is 90.3 Å². The van der Waals surface area contributed by atoms with Crippen molar-refractivity contribution in [3.05, 3.63) is 109 Å². The Morgan fingerprint density at radius 2 is 1.58 bits per heavy atom. The summed E-state index contributed by atoms with van der Waals surface area (Å²) >= 11 is 0. The van der Waals surface area contributed by atoms with Gasteiger partial charge in [-0.1, -0.05) is 20.8 Å². The minimum Gasteiger partial charge on any atom is -0.457 e. The maximum absolute atomic E-state index is 13.0. The molecule has 1 atom stereocenters. The molecule has 0 aliphatic rings. The van der Waals surface area contributed by atoms with Crippen molar-refractivity contribution < 1.29 is 14.3 Å². The molecule has 3 N–H and O–H groups in total. The number of rotatable bonds is 9. The predicted molar refractivity (Wildman–Crippen MR) is 165 cm³/mol. The van der Waals surface area contributed by atoms with Crippen LogP contribution in [-0.2, 0) is 5.41 Å². The van der Waals surface area contributed by atoms with Gasteiger partial charge >= 0.3 is 6.03 Å². The normalized spacial score (nSPS) is 11.9. The quantitative estimate of drug-likeness (QED) is 0.191. The van der Waals surface area contributed by atoms with Crippen molar-refractivity contribution in [3.63, 3.8) is 0 Å². The molecule has 2 aromatic carbocycles. The SMILES string of the molecule is CC(CNC(=O)c1ccc(-n2nc(C(C)(C)C)cc2NC(=O)Nc2ccc(Oc3ccncc3)cc2)cc1)n1ccnc1. The van der Waals surface area contributed by atoms with Crippen LogP contribution < -0.4 is 20.7 Å². The van der Waals surface area contributed by atoms with Crippen molar-refractivity contribution in [2.75, 3.05) is 17.2 Å². The highest BCUT2D eigenvalue weighted by molar-refractivity contribution is 5.99. The van der Waals surface area contributed by atoms with Gasteiger partial charge in [-0.2, -0.15) is 5.10 Å². The van der Waals surface area contributed by atoms with Crippen molar-refractivity contribution in [1.29, 1.82) is 0 Å². The summed E-state index contributed by atoms with van der Waals surface area (Å²) in [5.41, 5.74) is 2.37. The molecule has 0 aliphatic carbocycles. The Balaban J connectivity index is 1.26. The summed E-state index contributed by atoms with van der Waals surface area (Å²) in [5.74, 6) is 1.62.